The van der Waals surface area contributed by atoms with Gasteiger partial charge in [-0.15, -0.1) is 0 Å². The summed E-state index contributed by atoms with van der Waals surface area (Å²) in [6.45, 7) is 6.50. The monoisotopic (exact) mass is 290 g/mol. The van der Waals surface area contributed by atoms with E-state index in [1.165, 1.54) is 6.42 Å². The Labute approximate surface area is 127 Å². The molecule has 0 saturated carbocycles. The number of benzene rings is 1. The van der Waals surface area contributed by atoms with Crippen molar-refractivity contribution in [1.82, 2.24) is 10.6 Å². The van der Waals surface area contributed by atoms with E-state index in [0.717, 1.165) is 24.3 Å². The third-order valence-corrected chi connectivity index (χ3v) is 3.61. The van der Waals surface area contributed by atoms with Crippen LogP contribution < -0.4 is 15.4 Å². The average Bonchev–Trinajstić information content (AvgIpc) is 2.96. The van der Waals surface area contributed by atoms with Crippen LogP contribution in [-0.4, -0.2) is 25.1 Å². The molecule has 116 valence electrons. The van der Waals surface area contributed by atoms with Crippen molar-refractivity contribution >= 4 is 5.91 Å². The van der Waals surface area contributed by atoms with Gasteiger partial charge in [-0.2, -0.15) is 0 Å². The van der Waals surface area contributed by atoms with Gasteiger partial charge in [0, 0.05) is 24.6 Å². The Morgan fingerprint density at radius 1 is 1.43 bits per heavy atom. The van der Waals surface area contributed by atoms with Crippen LogP contribution in [0, 0.1) is 5.92 Å². The zero-order valence-electron chi connectivity index (χ0n) is 13.0. The molecular formula is C17H26N2O2. The maximum absolute atomic E-state index is 12.0. The van der Waals surface area contributed by atoms with Gasteiger partial charge < -0.3 is 15.4 Å². The largest absolute Gasteiger partial charge is 0.493 e. The molecule has 4 nitrogen and oxygen atoms in total. The first-order chi connectivity index (χ1) is 10.1. The maximum atomic E-state index is 12.0. The predicted molar refractivity (Wildman–Crippen MR) is 84.3 cm³/mol. The van der Waals surface area contributed by atoms with Crippen molar-refractivity contribution in [3.63, 3.8) is 0 Å². The quantitative estimate of drug-likeness (QED) is 0.811. The van der Waals surface area contributed by atoms with E-state index in [2.05, 4.69) is 24.5 Å². The second-order valence-corrected chi connectivity index (χ2v) is 6.09. The number of hydrogen-bond acceptors (Lipinski definition) is 3. The average molecular weight is 290 g/mol. The Morgan fingerprint density at radius 2 is 2.24 bits per heavy atom. The molecule has 1 saturated heterocycles. The number of rotatable bonds is 7. The van der Waals surface area contributed by atoms with Gasteiger partial charge in [-0.1, -0.05) is 32.0 Å². The molecule has 1 aromatic rings. The van der Waals surface area contributed by atoms with Crippen LogP contribution in [-0.2, 0) is 11.3 Å². The second kappa shape index (κ2) is 8.03. The molecule has 0 bridgehead atoms. The summed E-state index contributed by atoms with van der Waals surface area (Å²) in [5.41, 5.74) is 1.03. The van der Waals surface area contributed by atoms with E-state index < -0.39 is 0 Å². The molecule has 0 radical (unpaired) electrons. The van der Waals surface area contributed by atoms with Crippen LogP contribution in [0.1, 0.15) is 38.7 Å². The molecule has 1 aliphatic rings. The zero-order valence-corrected chi connectivity index (χ0v) is 13.0. The Balaban J connectivity index is 1.82. The van der Waals surface area contributed by atoms with Crippen LogP contribution in [0.3, 0.4) is 0 Å². The first-order valence-corrected chi connectivity index (χ1v) is 7.86. The molecule has 1 atom stereocenters. The molecular weight excluding hydrogens is 264 g/mol. The van der Waals surface area contributed by atoms with E-state index in [0.29, 0.717) is 31.5 Å². The fraction of sp³-hybridized carbons (Fsp3) is 0.588. The second-order valence-electron chi connectivity index (χ2n) is 6.09. The lowest BCUT2D eigenvalue weighted by Crippen LogP contribution is -2.31. The van der Waals surface area contributed by atoms with E-state index in [1.54, 1.807) is 0 Å². The fourth-order valence-electron chi connectivity index (χ4n) is 2.47. The highest BCUT2D eigenvalue weighted by Gasteiger charge is 2.17. The van der Waals surface area contributed by atoms with Gasteiger partial charge in [-0.05, 0) is 31.4 Å². The van der Waals surface area contributed by atoms with Gasteiger partial charge in [-0.25, -0.2) is 0 Å². The SMILES string of the molecule is CC(C)COc1ccccc1CNC(=O)CC1CCCN1. The molecule has 0 aliphatic carbocycles. The smallest absolute Gasteiger partial charge is 0.221 e. The summed E-state index contributed by atoms with van der Waals surface area (Å²) in [7, 11) is 0. The highest BCUT2D eigenvalue weighted by molar-refractivity contribution is 5.76. The first kappa shape index (κ1) is 15.8. The summed E-state index contributed by atoms with van der Waals surface area (Å²) in [6, 6.07) is 8.25. The summed E-state index contributed by atoms with van der Waals surface area (Å²) < 4.78 is 5.80. The summed E-state index contributed by atoms with van der Waals surface area (Å²) in [4.78, 5) is 12.0. The van der Waals surface area contributed by atoms with E-state index in [9.17, 15) is 4.79 Å². The standard InChI is InChI=1S/C17H26N2O2/c1-13(2)12-21-16-8-4-3-6-14(16)11-19-17(20)10-15-7-5-9-18-15/h3-4,6,8,13,15,18H,5,7,9-12H2,1-2H3,(H,19,20). The van der Waals surface area contributed by atoms with E-state index >= 15 is 0 Å². The minimum absolute atomic E-state index is 0.105. The molecule has 1 heterocycles. The van der Waals surface area contributed by atoms with Crippen LogP contribution in [0.15, 0.2) is 24.3 Å². The van der Waals surface area contributed by atoms with Crippen molar-refractivity contribution in [3.8, 4) is 5.75 Å². The number of nitrogens with one attached hydrogen (secondary N) is 2. The van der Waals surface area contributed by atoms with Crippen LogP contribution in [0.5, 0.6) is 5.75 Å². The number of hydrogen-bond donors (Lipinski definition) is 2. The lowest BCUT2D eigenvalue weighted by atomic mass is 10.1. The van der Waals surface area contributed by atoms with Gasteiger partial charge in [0.1, 0.15) is 5.75 Å². The minimum Gasteiger partial charge on any atom is -0.493 e. The number of carbonyl (C=O) groups is 1. The van der Waals surface area contributed by atoms with Gasteiger partial charge >= 0.3 is 0 Å². The number of ether oxygens (including phenoxy) is 1. The summed E-state index contributed by atoms with van der Waals surface area (Å²) >= 11 is 0. The van der Waals surface area contributed by atoms with Crippen molar-refractivity contribution in [2.24, 2.45) is 5.92 Å². The van der Waals surface area contributed by atoms with Crippen LogP contribution in [0.4, 0.5) is 0 Å². The molecule has 21 heavy (non-hydrogen) atoms. The van der Waals surface area contributed by atoms with E-state index in [1.807, 2.05) is 24.3 Å². The fourth-order valence-corrected chi connectivity index (χ4v) is 2.47. The lowest BCUT2D eigenvalue weighted by molar-refractivity contribution is -0.121. The third kappa shape index (κ3) is 5.38. The number of amides is 1. The molecule has 0 aromatic heterocycles. The van der Waals surface area contributed by atoms with E-state index in [-0.39, 0.29) is 5.91 Å². The Hall–Kier alpha value is -1.55. The molecule has 4 heteroatoms. The Bertz CT molecular complexity index is 454. The minimum atomic E-state index is 0.105. The number of para-hydroxylation sites is 1. The molecule has 0 spiro atoms. The van der Waals surface area contributed by atoms with Crippen LogP contribution in [0.25, 0.3) is 0 Å². The van der Waals surface area contributed by atoms with E-state index in [4.69, 9.17) is 4.74 Å². The number of carbonyl (C=O) groups excluding carboxylic acids is 1. The molecule has 1 aromatic carbocycles. The van der Waals surface area contributed by atoms with Crippen molar-refractivity contribution in [3.05, 3.63) is 29.8 Å². The van der Waals surface area contributed by atoms with Gasteiger partial charge in [0.2, 0.25) is 5.91 Å². The maximum Gasteiger partial charge on any atom is 0.221 e. The van der Waals surface area contributed by atoms with Crippen molar-refractivity contribution in [1.29, 1.82) is 0 Å². The molecule has 1 fully saturated rings. The summed E-state index contributed by atoms with van der Waals surface area (Å²) in [5.74, 6) is 1.46. The molecule has 1 amide bonds. The van der Waals surface area contributed by atoms with Gasteiger partial charge in [0.25, 0.3) is 0 Å². The third-order valence-electron chi connectivity index (χ3n) is 3.61. The summed E-state index contributed by atoms with van der Waals surface area (Å²) in [5, 5.41) is 6.34. The van der Waals surface area contributed by atoms with Crippen LogP contribution in [0.2, 0.25) is 0 Å². The lowest BCUT2D eigenvalue weighted by Gasteiger charge is -2.14. The zero-order chi connectivity index (χ0) is 15.1. The molecule has 1 unspecified atom stereocenters. The predicted octanol–water partition coefficient (Wildman–Crippen LogP) is 2.48. The molecule has 1 aliphatic heterocycles. The van der Waals surface area contributed by atoms with Gasteiger partial charge in [0.15, 0.2) is 0 Å². The first-order valence-electron chi connectivity index (χ1n) is 7.86. The van der Waals surface area contributed by atoms with Crippen molar-refractivity contribution in [2.75, 3.05) is 13.2 Å². The molecule has 2 rings (SSSR count). The normalized spacial score (nSPS) is 18.0. The highest BCUT2D eigenvalue weighted by atomic mass is 16.5. The highest BCUT2D eigenvalue weighted by Crippen LogP contribution is 2.18. The van der Waals surface area contributed by atoms with Crippen molar-refractivity contribution in [2.45, 2.75) is 45.7 Å². The van der Waals surface area contributed by atoms with Crippen molar-refractivity contribution < 1.29 is 9.53 Å². The van der Waals surface area contributed by atoms with Crippen LogP contribution >= 0.6 is 0 Å². The Morgan fingerprint density at radius 3 is 2.95 bits per heavy atom. The van der Waals surface area contributed by atoms with Gasteiger partial charge in [-0.3, -0.25) is 4.79 Å². The summed E-state index contributed by atoms with van der Waals surface area (Å²) in [6.07, 6.45) is 2.83. The topological polar surface area (TPSA) is 50.4 Å². The molecule has 2 N–H and O–H groups in total. The Kier molecular flexibility index (Phi) is 6.05. The van der Waals surface area contributed by atoms with Gasteiger partial charge in [0.05, 0.1) is 6.61 Å².